The molecule has 0 unspecified atom stereocenters. The maximum absolute atomic E-state index is 2.40. The third kappa shape index (κ3) is 6.07. The van der Waals surface area contributed by atoms with Crippen LogP contribution in [0.1, 0.15) is 11.1 Å². The SMILES string of the molecule is Cc1cc(-c2cc3ccccc3c3ccccc23)ccc1-c1ccc(N(c2ccc(-c3ccccc3)cc2)c2ccccc2-c2ccccc2)cc1C. The van der Waals surface area contributed by atoms with Crippen molar-refractivity contribution in [1.82, 2.24) is 0 Å². The average Bonchev–Trinajstić information content (AvgIpc) is 3.22. The fourth-order valence-corrected chi connectivity index (χ4v) is 7.91. The van der Waals surface area contributed by atoms with Crippen molar-refractivity contribution in [3.8, 4) is 44.5 Å². The zero-order chi connectivity index (χ0) is 35.7. The van der Waals surface area contributed by atoms with Crippen LogP contribution in [0.15, 0.2) is 200 Å². The first-order chi connectivity index (χ1) is 26.1. The molecule has 9 aromatic carbocycles. The van der Waals surface area contributed by atoms with Crippen LogP contribution in [0.5, 0.6) is 0 Å². The van der Waals surface area contributed by atoms with Crippen LogP contribution >= 0.6 is 0 Å². The second-order valence-corrected chi connectivity index (χ2v) is 13.9. The van der Waals surface area contributed by atoms with Gasteiger partial charge in [-0.15, -0.1) is 0 Å². The molecule has 0 aliphatic heterocycles. The van der Waals surface area contributed by atoms with Gasteiger partial charge < -0.3 is 4.90 Å². The number of rotatable bonds is 7. The van der Waals surface area contributed by atoms with Crippen molar-refractivity contribution < 1.29 is 0 Å². The Bertz CT molecular complexity index is 2730. The van der Waals surface area contributed by atoms with E-state index in [9.17, 15) is 0 Å². The van der Waals surface area contributed by atoms with Crippen molar-refractivity contribution in [2.75, 3.05) is 4.90 Å². The molecule has 1 nitrogen and oxygen atoms in total. The zero-order valence-electron chi connectivity index (χ0n) is 30.0. The normalized spacial score (nSPS) is 11.2. The van der Waals surface area contributed by atoms with Crippen LogP contribution in [-0.4, -0.2) is 0 Å². The van der Waals surface area contributed by atoms with Gasteiger partial charge in [-0.3, -0.25) is 0 Å². The summed E-state index contributed by atoms with van der Waals surface area (Å²) in [5, 5.41) is 5.14. The molecule has 0 N–H and O–H groups in total. The molecule has 53 heavy (non-hydrogen) atoms. The number of anilines is 3. The lowest BCUT2D eigenvalue weighted by Gasteiger charge is -2.29. The molecule has 0 heterocycles. The van der Waals surface area contributed by atoms with Gasteiger partial charge in [-0.1, -0.05) is 164 Å². The largest absolute Gasteiger partial charge is 0.310 e. The first-order valence-electron chi connectivity index (χ1n) is 18.3. The third-order valence-corrected chi connectivity index (χ3v) is 10.5. The molecule has 0 fully saturated rings. The quantitative estimate of drug-likeness (QED) is 0.152. The van der Waals surface area contributed by atoms with Crippen molar-refractivity contribution in [3.63, 3.8) is 0 Å². The summed E-state index contributed by atoms with van der Waals surface area (Å²) in [5.74, 6) is 0. The minimum absolute atomic E-state index is 1.11. The Balaban J connectivity index is 1.13. The van der Waals surface area contributed by atoms with E-state index < -0.39 is 0 Å². The smallest absolute Gasteiger partial charge is 0.0540 e. The van der Waals surface area contributed by atoms with Crippen molar-refractivity contribution in [1.29, 1.82) is 0 Å². The van der Waals surface area contributed by atoms with Gasteiger partial charge in [0, 0.05) is 16.9 Å². The van der Waals surface area contributed by atoms with Gasteiger partial charge in [-0.2, -0.15) is 0 Å². The van der Waals surface area contributed by atoms with E-state index in [1.54, 1.807) is 0 Å². The lowest BCUT2D eigenvalue weighted by atomic mass is 9.90. The van der Waals surface area contributed by atoms with Gasteiger partial charge >= 0.3 is 0 Å². The van der Waals surface area contributed by atoms with Gasteiger partial charge in [0.2, 0.25) is 0 Å². The molecule has 0 amide bonds. The molecule has 0 saturated heterocycles. The van der Waals surface area contributed by atoms with Crippen molar-refractivity contribution in [2.45, 2.75) is 13.8 Å². The van der Waals surface area contributed by atoms with Gasteiger partial charge in [-0.25, -0.2) is 0 Å². The minimum Gasteiger partial charge on any atom is -0.310 e. The second-order valence-electron chi connectivity index (χ2n) is 13.9. The number of hydrogen-bond acceptors (Lipinski definition) is 1. The number of benzene rings is 9. The standard InChI is InChI=1S/C52H39N/c1-36-33-42(51-35-41-19-9-10-20-47(41)49-22-11-12-23-50(49)51)27-31-45(36)46-32-30-44(34-37(46)2)53(43-28-25-39(26-29-43)38-15-5-3-6-16-38)52-24-14-13-21-48(52)40-17-7-4-8-18-40/h3-35H,1-2H3. The molecule has 0 bridgehead atoms. The predicted octanol–water partition coefficient (Wildman–Crippen LogP) is 14.7. The van der Waals surface area contributed by atoms with Crippen LogP contribution in [0.4, 0.5) is 17.1 Å². The highest BCUT2D eigenvalue weighted by atomic mass is 15.1. The van der Waals surface area contributed by atoms with E-state index in [1.807, 2.05) is 0 Å². The first-order valence-corrected chi connectivity index (χ1v) is 18.3. The molecule has 0 aliphatic carbocycles. The topological polar surface area (TPSA) is 3.24 Å². The number of hydrogen-bond donors (Lipinski definition) is 0. The van der Waals surface area contributed by atoms with E-state index in [0.29, 0.717) is 0 Å². The molecule has 0 aliphatic rings. The number of aryl methyl sites for hydroxylation is 2. The Labute approximate surface area is 312 Å². The second kappa shape index (κ2) is 13.8. The Kier molecular flexibility index (Phi) is 8.38. The van der Waals surface area contributed by atoms with Crippen molar-refractivity contribution in [2.24, 2.45) is 0 Å². The molecule has 9 rings (SSSR count). The average molecular weight is 678 g/mol. The van der Waals surface area contributed by atoms with E-state index >= 15 is 0 Å². The summed E-state index contributed by atoms with van der Waals surface area (Å²) in [7, 11) is 0. The molecule has 9 aromatic rings. The zero-order valence-corrected chi connectivity index (χ0v) is 30.0. The molecule has 0 spiro atoms. The van der Waals surface area contributed by atoms with Gasteiger partial charge in [0.1, 0.15) is 0 Å². The maximum atomic E-state index is 2.40. The summed E-state index contributed by atoms with van der Waals surface area (Å²) >= 11 is 0. The van der Waals surface area contributed by atoms with Gasteiger partial charge in [0.15, 0.2) is 0 Å². The van der Waals surface area contributed by atoms with E-state index in [2.05, 4.69) is 219 Å². The molecule has 252 valence electrons. The summed E-state index contributed by atoms with van der Waals surface area (Å²) in [6, 6.07) is 72.6. The Morgan fingerprint density at radius 3 is 1.55 bits per heavy atom. The van der Waals surface area contributed by atoms with Gasteiger partial charge in [0.25, 0.3) is 0 Å². The van der Waals surface area contributed by atoms with E-state index in [0.717, 1.165) is 17.1 Å². The predicted molar refractivity (Wildman–Crippen MR) is 227 cm³/mol. The van der Waals surface area contributed by atoms with Crippen LogP contribution < -0.4 is 4.90 Å². The third-order valence-electron chi connectivity index (χ3n) is 10.5. The van der Waals surface area contributed by atoms with Crippen LogP contribution in [0, 0.1) is 13.8 Å². The van der Waals surface area contributed by atoms with E-state index in [1.165, 1.54) is 77.2 Å². The number of fused-ring (bicyclic) bond motifs is 3. The van der Waals surface area contributed by atoms with Crippen LogP contribution in [0.2, 0.25) is 0 Å². The monoisotopic (exact) mass is 677 g/mol. The molecule has 0 aromatic heterocycles. The lowest BCUT2D eigenvalue weighted by molar-refractivity contribution is 1.27. The maximum Gasteiger partial charge on any atom is 0.0540 e. The highest BCUT2D eigenvalue weighted by Crippen LogP contribution is 2.43. The van der Waals surface area contributed by atoms with Crippen LogP contribution in [0.25, 0.3) is 66.1 Å². The van der Waals surface area contributed by atoms with Crippen molar-refractivity contribution >= 4 is 38.6 Å². The summed E-state index contributed by atoms with van der Waals surface area (Å²) in [6.45, 7) is 4.48. The van der Waals surface area contributed by atoms with Gasteiger partial charge in [-0.05, 0) is 122 Å². The lowest BCUT2D eigenvalue weighted by Crippen LogP contribution is -2.11. The molecule has 0 atom stereocenters. The first kappa shape index (κ1) is 32.2. The highest BCUT2D eigenvalue weighted by molar-refractivity contribution is 6.13. The number of para-hydroxylation sites is 1. The fourth-order valence-electron chi connectivity index (χ4n) is 7.91. The Morgan fingerprint density at radius 2 is 0.830 bits per heavy atom. The summed E-state index contributed by atoms with van der Waals surface area (Å²) in [4.78, 5) is 2.40. The molecular weight excluding hydrogens is 639 g/mol. The van der Waals surface area contributed by atoms with Crippen molar-refractivity contribution in [3.05, 3.63) is 211 Å². The molecule has 1 heteroatoms. The van der Waals surface area contributed by atoms with E-state index in [-0.39, 0.29) is 0 Å². The van der Waals surface area contributed by atoms with Crippen LogP contribution in [0.3, 0.4) is 0 Å². The van der Waals surface area contributed by atoms with Crippen LogP contribution in [-0.2, 0) is 0 Å². The highest BCUT2D eigenvalue weighted by Gasteiger charge is 2.19. The summed E-state index contributed by atoms with van der Waals surface area (Å²) in [6.07, 6.45) is 0. The fraction of sp³-hybridized carbons (Fsp3) is 0.0385. The van der Waals surface area contributed by atoms with E-state index in [4.69, 9.17) is 0 Å². The molecule has 0 radical (unpaired) electrons. The van der Waals surface area contributed by atoms with Gasteiger partial charge in [0.05, 0.1) is 5.69 Å². The molecular formula is C52H39N. The Hall–Kier alpha value is -6.70. The molecule has 0 saturated carbocycles. The minimum atomic E-state index is 1.11. The number of nitrogens with zero attached hydrogens (tertiary/aromatic N) is 1. The summed E-state index contributed by atoms with van der Waals surface area (Å²) in [5.41, 5.74) is 15.7. The Morgan fingerprint density at radius 1 is 0.302 bits per heavy atom. The summed E-state index contributed by atoms with van der Waals surface area (Å²) < 4.78 is 0.